The highest BCUT2D eigenvalue weighted by Crippen LogP contribution is 2.20. The molecule has 104 valence electrons. The first-order valence-corrected chi connectivity index (χ1v) is 7.43. The number of sulfonamides is 1. The van der Waals surface area contributed by atoms with Crippen LogP contribution in [0.4, 0.5) is 11.4 Å². The summed E-state index contributed by atoms with van der Waals surface area (Å²) < 4.78 is 27.4. The fourth-order valence-corrected chi connectivity index (χ4v) is 2.57. The summed E-state index contributed by atoms with van der Waals surface area (Å²) >= 11 is 0. The summed E-state index contributed by atoms with van der Waals surface area (Å²) in [5.41, 5.74) is 8.54. The quantitative estimate of drug-likeness (QED) is 0.694. The van der Waals surface area contributed by atoms with Crippen molar-refractivity contribution in [1.29, 1.82) is 0 Å². The Kier molecular flexibility index (Phi) is 3.85. The van der Waals surface area contributed by atoms with Gasteiger partial charge < -0.3 is 5.73 Å². The average Bonchev–Trinajstić information content (AvgIpc) is 2.36. The molecule has 0 amide bonds. The maximum Gasteiger partial charge on any atom is 0.299 e. The summed E-state index contributed by atoms with van der Waals surface area (Å²) in [5, 5.41) is 3.80. The number of benzene rings is 2. The van der Waals surface area contributed by atoms with Crippen molar-refractivity contribution in [1.82, 2.24) is 0 Å². The highest BCUT2D eigenvalue weighted by Gasteiger charge is 2.12. The predicted octanol–water partition coefficient (Wildman–Crippen LogP) is 3.36. The Morgan fingerprint density at radius 1 is 0.950 bits per heavy atom. The van der Waals surface area contributed by atoms with E-state index in [1.54, 1.807) is 12.1 Å². The first-order valence-electron chi connectivity index (χ1n) is 5.99. The highest BCUT2D eigenvalue weighted by atomic mass is 32.2. The smallest absolute Gasteiger partial charge is 0.299 e. The molecule has 0 aromatic heterocycles. The number of aryl methyl sites for hydroxylation is 2. The lowest BCUT2D eigenvalue weighted by atomic mass is 10.1. The van der Waals surface area contributed by atoms with Crippen LogP contribution in [-0.2, 0) is 10.0 Å². The van der Waals surface area contributed by atoms with Gasteiger partial charge in [-0.25, -0.2) is 0 Å². The van der Waals surface area contributed by atoms with E-state index in [1.807, 2.05) is 19.9 Å². The Hall–Kier alpha value is -2.21. The van der Waals surface area contributed by atoms with E-state index < -0.39 is 10.0 Å². The Morgan fingerprint density at radius 3 is 2.05 bits per heavy atom. The molecule has 0 fully saturated rings. The van der Waals surface area contributed by atoms with Gasteiger partial charge in [-0.15, -0.1) is 5.11 Å². The molecule has 6 heteroatoms. The summed E-state index contributed by atoms with van der Waals surface area (Å²) in [6.07, 6.45) is 0. The van der Waals surface area contributed by atoms with Gasteiger partial charge >= 0.3 is 0 Å². The molecule has 2 rings (SSSR count). The SMILES string of the molecule is Cc1cc(C)cc(N=NS(=O)(=O)c2ccc(N)cc2)c1. The van der Waals surface area contributed by atoms with Crippen molar-refractivity contribution in [2.24, 2.45) is 9.63 Å². The zero-order valence-electron chi connectivity index (χ0n) is 11.2. The van der Waals surface area contributed by atoms with E-state index in [4.69, 9.17) is 5.73 Å². The van der Waals surface area contributed by atoms with E-state index in [0.717, 1.165) is 11.1 Å². The van der Waals surface area contributed by atoms with Crippen LogP contribution in [0.5, 0.6) is 0 Å². The van der Waals surface area contributed by atoms with Crippen molar-refractivity contribution in [2.45, 2.75) is 18.7 Å². The zero-order valence-corrected chi connectivity index (χ0v) is 12.1. The summed E-state index contributed by atoms with van der Waals surface area (Å²) in [6.45, 7) is 3.83. The molecule has 0 saturated heterocycles. The van der Waals surface area contributed by atoms with E-state index >= 15 is 0 Å². The molecule has 0 atom stereocenters. The van der Waals surface area contributed by atoms with Gasteiger partial charge in [0.2, 0.25) is 0 Å². The molecule has 0 aliphatic rings. The van der Waals surface area contributed by atoms with Crippen molar-refractivity contribution in [3.63, 3.8) is 0 Å². The number of nitrogen functional groups attached to an aromatic ring is 1. The predicted molar refractivity (Wildman–Crippen MR) is 78.5 cm³/mol. The highest BCUT2D eigenvalue weighted by molar-refractivity contribution is 7.90. The normalized spacial score (nSPS) is 11.9. The van der Waals surface area contributed by atoms with Gasteiger partial charge in [0, 0.05) is 5.69 Å². The summed E-state index contributed by atoms with van der Waals surface area (Å²) in [5.74, 6) is 0. The number of anilines is 1. The minimum atomic E-state index is -3.80. The summed E-state index contributed by atoms with van der Waals surface area (Å²) in [4.78, 5) is 0.0693. The monoisotopic (exact) mass is 289 g/mol. The molecular formula is C14H15N3O2S. The molecule has 0 unspecified atom stereocenters. The van der Waals surface area contributed by atoms with Crippen LogP contribution in [0.3, 0.4) is 0 Å². The van der Waals surface area contributed by atoms with Crippen molar-refractivity contribution >= 4 is 21.4 Å². The number of nitrogens with zero attached hydrogens (tertiary/aromatic N) is 2. The lowest BCUT2D eigenvalue weighted by Crippen LogP contribution is -1.96. The molecule has 0 saturated carbocycles. The second-order valence-electron chi connectivity index (χ2n) is 4.57. The van der Waals surface area contributed by atoms with Crippen LogP contribution in [0.2, 0.25) is 0 Å². The van der Waals surface area contributed by atoms with Crippen LogP contribution in [0.15, 0.2) is 57.0 Å². The van der Waals surface area contributed by atoms with Crippen LogP contribution in [0, 0.1) is 13.8 Å². The third-order valence-corrected chi connectivity index (χ3v) is 3.81. The van der Waals surface area contributed by atoms with E-state index in [-0.39, 0.29) is 4.90 Å². The molecule has 2 aromatic rings. The van der Waals surface area contributed by atoms with Gasteiger partial charge in [-0.05, 0) is 61.4 Å². The summed E-state index contributed by atoms with van der Waals surface area (Å²) in [6, 6.07) is 11.4. The van der Waals surface area contributed by atoms with Gasteiger partial charge in [-0.1, -0.05) is 10.6 Å². The Morgan fingerprint density at radius 2 is 1.50 bits per heavy atom. The van der Waals surface area contributed by atoms with Crippen LogP contribution >= 0.6 is 0 Å². The molecule has 5 nitrogen and oxygen atoms in total. The number of nitrogens with two attached hydrogens (primary N) is 1. The lowest BCUT2D eigenvalue weighted by Gasteiger charge is -2.00. The van der Waals surface area contributed by atoms with Gasteiger partial charge in [0.25, 0.3) is 10.0 Å². The minimum Gasteiger partial charge on any atom is -0.399 e. The van der Waals surface area contributed by atoms with Crippen molar-refractivity contribution in [3.05, 3.63) is 53.6 Å². The second kappa shape index (κ2) is 5.42. The van der Waals surface area contributed by atoms with Gasteiger partial charge in [-0.2, -0.15) is 8.42 Å². The molecule has 0 bridgehead atoms. The molecule has 20 heavy (non-hydrogen) atoms. The zero-order chi connectivity index (χ0) is 14.8. The number of hydrogen-bond donors (Lipinski definition) is 1. The molecule has 2 N–H and O–H groups in total. The molecule has 2 aromatic carbocycles. The third-order valence-electron chi connectivity index (χ3n) is 2.65. The fourth-order valence-electron chi connectivity index (χ4n) is 1.80. The number of rotatable bonds is 3. The van der Waals surface area contributed by atoms with Gasteiger partial charge in [0.1, 0.15) is 0 Å². The third kappa shape index (κ3) is 3.42. The topological polar surface area (TPSA) is 84.9 Å². The maximum atomic E-state index is 12.0. The average molecular weight is 289 g/mol. The van der Waals surface area contributed by atoms with Gasteiger partial charge in [0.15, 0.2) is 0 Å². The molecular weight excluding hydrogens is 274 g/mol. The van der Waals surface area contributed by atoms with Crippen LogP contribution in [0.25, 0.3) is 0 Å². The molecule has 0 heterocycles. The standard InChI is InChI=1S/C14H15N3O2S/c1-10-7-11(2)9-13(8-10)16-17-20(18,19)14-5-3-12(15)4-6-14/h3-9H,15H2,1-2H3. The van der Waals surface area contributed by atoms with Gasteiger partial charge in [0.05, 0.1) is 10.6 Å². The first kappa shape index (κ1) is 14.2. The van der Waals surface area contributed by atoms with Crippen molar-refractivity contribution in [2.75, 3.05) is 5.73 Å². The van der Waals surface area contributed by atoms with Crippen LogP contribution < -0.4 is 5.73 Å². The van der Waals surface area contributed by atoms with Gasteiger partial charge in [-0.3, -0.25) is 0 Å². The van der Waals surface area contributed by atoms with Crippen LogP contribution in [-0.4, -0.2) is 8.42 Å². The van der Waals surface area contributed by atoms with Crippen molar-refractivity contribution < 1.29 is 8.42 Å². The second-order valence-corrected chi connectivity index (χ2v) is 6.16. The Bertz CT molecular complexity index is 730. The molecule has 0 aliphatic heterocycles. The minimum absolute atomic E-state index is 0.0693. The molecule has 0 aliphatic carbocycles. The lowest BCUT2D eigenvalue weighted by molar-refractivity contribution is 0.595. The van der Waals surface area contributed by atoms with E-state index in [2.05, 4.69) is 9.63 Å². The van der Waals surface area contributed by atoms with E-state index in [1.165, 1.54) is 24.3 Å². The molecule has 0 radical (unpaired) electrons. The maximum absolute atomic E-state index is 12.0. The van der Waals surface area contributed by atoms with E-state index in [0.29, 0.717) is 11.4 Å². The molecule has 0 spiro atoms. The Labute approximate surface area is 118 Å². The summed E-state index contributed by atoms with van der Waals surface area (Å²) in [7, 11) is -3.80. The first-order chi connectivity index (χ1) is 9.37. The van der Waals surface area contributed by atoms with E-state index in [9.17, 15) is 8.42 Å². The van der Waals surface area contributed by atoms with Crippen LogP contribution in [0.1, 0.15) is 11.1 Å². The largest absolute Gasteiger partial charge is 0.399 e. The Balaban J connectivity index is 2.32. The number of hydrogen-bond acceptors (Lipinski definition) is 4. The fraction of sp³-hybridized carbons (Fsp3) is 0.143. The van der Waals surface area contributed by atoms with Crippen molar-refractivity contribution in [3.8, 4) is 0 Å².